The number of esters is 1. The van der Waals surface area contributed by atoms with Gasteiger partial charge in [-0.05, 0) is 0 Å². The number of carbonyl (C=O) groups excluding carboxylic acids is 1. The minimum atomic E-state index is -1.13. The number of hydrogen-bond donors (Lipinski definition) is 3. The van der Waals surface area contributed by atoms with E-state index in [0.717, 1.165) is 0 Å². The van der Waals surface area contributed by atoms with Gasteiger partial charge in [0.2, 0.25) is 0 Å². The second kappa shape index (κ2) is 5.28. The van der Waals surface area contributed by atoms with Crippen LogP contribution in [0, 0.1) is 0 Å². The number of pyridine rings is 1. The van der Waals surface area contributed by atoms with Gasteiger partial charge in [-0.1, -0.05) is 0 Å². The Labute approximate surface area is 85.1 Å². The maximum absolute atomic E-state index is 11.3. The molecule has 0 spiro atoms. The van der Waals surface area contributed by atoms with Gasteiger partial charge in [0.1, 0.15) is 18.3 Å². The van der Waals surface area contributed by atoms with Gasteiger partial charge in [-0.3, -0.25) is 4.79 Å². The summed E-state index contributed by atoms with van der Waals surface area (Å²) < 4.78 is 4.59. The average molecular weight is 213 g/mol. The summed E-state index contributed by atoms with van der Waals surface area (Å²) in [5.41, 5.74) is -0.597. The zero-order chi connectivity index (χ0) is 11.3. The van der Waals surface area contributed by atoms with Crippen LogP contribution < -0.4 is 5.43 Å². The second-order valence-corrected chi connectivity index (χ2v) is 2.86. The van der Waals surface area contributed by atoms with E-state index < -0.39 is 24.1 Å². The van der Waals surface area contributed by atoms with Crippen molar-refractivity contribution in [2.24, 2.45) is 0 Å². The molecule has 1 heterocycles. The van der Waals surface area contributed by atoms with Crippen LogP contribution in [0.4, 0.5) is 0 Å². The number of aromatic amines is 1. The number of aliphatic hydroxyl groups excluding tert-OH is 2. The quantitative estimate of drug-likeness (QED) is 0.550. The number of ether oxygens (including phenoxy) is 1. The maximum atomic E-state index is 11.3. The van der Waals surface area contributed by atoms with Crippen molar-refractivity contribution in [2.75, 3.05) is 13.2 Å². The van der Waals surface area contributed by atoms with E-state index in [4.69, 9.17) is 10.2 Å². The molecule has 0 radical (unpaired) electrons. The standard InChI is InChI=1S/C9H11NO5/c11-4-6(12)5-15-9(14)7-3-10-2-1-8(7)13/h1-3,6,11-12H,4-5H2,(H,10,13). The molecule has 0 aliphatic rings. The number of aliphatic hydroxyl groups is 2. The SMILES string of the molecule is O=C(OCC(O)CO)c1c[nH]ccc1=O. The number of rotatable bonds is 4. The highest BCUT2D eigenvalue weighted by atomic mass is 16.5. The molecule has 1 rings (SSSR count). The Kier molecular flexibility index (Phi) is 4.02. The lowest BCUT2D eigenvalue weighted by atomic mass is 10.3. The summed E-state index contributed by atoms with van der Waals surface area (Å²) in [5.74, 6) is -0.829. The summed E-state index contributed by atoms with van der Waals surface area (Å²) >= 11 is 0. The Hall–Kier alpha value is -1.66. The molecule has 6 heteroatoms. The Balaban J connectivity index is 2.62. The molecule has 0 saturated carbocycles. The maximum Gasteiger partial charge on any atom is 0.343 e. The molecule has 0 saturated heterocycles. The minimum absolute atomic E-state index is 0.136. The first kappa shape index (κ1) is 11.4. The third-order valence-electron chi connectivity index (χ3n) is 1.66. The summed E-state index contributed by atoms with van der Waals surface area (Å²) in [7, 11) is 0. The van der Waals surface area contributed by atoms with E-state index in [1.54, 1.807) is 0 Å². The molecule has 0 fully saturated rings. The molecular weight excluding hydrogens is 202 g/mol. The molecule has 0 aliphatic carbocycles. The van der Waals surface area contributed by atoms with Crippen molar-refractivity contribution < 1.29 is 19.7 Å². The van der Waals surface area contributed by atoms with Crippen molar-refractivity contribution in [2.45, 2.75) is 6.10 Å². The van der Waals surface area contributed by atoms with Gasteiger partial charge in [-0.15, -0.1) is 0 Å². The van der Waals surface area contributed by atoms with Crippen LogP contribution in [0.1, 0.15) is 10.4 Å². The lowest BCUT2D eigenvalue weighted by molar-refractivity contribution is 0.00920. The topological polar surface area (TPSA) is 99.6 Å². The fraction of sp³-hybridized carbons (Fsp3) is 0.333. The number of nitrogens with one attached hydrogen (secondary N) is 1. The van der Waals surface area contributed by atoms with Crippen molar-refractivity contribution in [1.82, 2.24) is 4.98 Å². The van der Waals surface area contributed by atoms with Gasteiger partial charge < -0.3 is 19.9 Å². The van der Waals surface area contributed by atoms with Gasteiger partial charge >= 0.3 is 5.97 Å². The Morgan fingerprint density at radius 2 is 2.33 bits per heavy atom. The molecule has 0 aliphatic heterocycles. The number of carbonyl (C=O) groups is 1. The minimum Gasteiger partial charge on any atom is -0.459 e. The van der Waals surface area contributed by atoms with Gasteiger partial charge in [0.05, 0.1) is 6.61 Å². The Bertz CT molecular complexity index is 386. The summed E-state index contributed by atoms with van der Waals surface area (Å²) in [6.45, 7) is -0.845. The molecule has 0 amide bonds. The second-order valence-electron chi connectivity index (χ2n) is 2.86. The summed E-state index contributed by atoms with van der Waals surface area (Å²) in [5, 5.41) is 17.4. The molecular formula is C9H11NO5. The van der Waals surface area contributed by atoms with Crippen LogP contribution in [0.5, 0.6) is 0 Å². The van der Waals surface area contributed by atoms with Gasteiger partial charge in [0.15, 0.2) is 5.43 Å². The number of aromatic nitrogens is 1. The third-order valence-corrected chi connectivity index (χ3v) is 1.66. The van der Waals surface area contributed by atoms with Crippen LogP contribution in [0.2, 0.25) is 0 Å². The highest BCUT2D eigenvalue weighted by Crippen LogP contribution is 1.94. The smallest absolute Gasteiger partial charge is 0.343 e. The van der Waals surface area contributed by atoms with Crippen molar-refractivity contribution in [3.8, 4) is 0 Å². The first-order chi connectivity index (χ1) is 7.15. The summed E-state index contributed by atoms with van der Waals surface area (Å²) in [6.07, 6.45) is 1.48. The van der Waals surface area contributed by atoms with E-state index in [1.807, 2.05) is 0 Å². The van der Waals surface area contributed by atoms with Gasteiger partial charge in [0, 0.05) is 18.5 Å². The molecule has 0 bridgehead atoms. The number of H-pyrrole nitrogens is 1. The van der Waals surface area contributed by atoms with E-state index in [2.05, 4.69) is 9.72 Å². The molecule has 82 valence electrons. The molecule has 6 nitrogen and oxygen atoms in total. The highest BCUT2D eigenvalue weighted by Gasteiger charge is 2.12. The first-order valence-corrected chi connectivity index (χ1v) is 4.28. The summed E-state index contributed by atoms with van der Waals surface area (Å²) in [6, 6.07) is 1.19. The largest absolute Gasteiger partial charge is 0.459 e. The summed E-state index contributed by atoms with van der Waals surface area (Å²) in [4.78, 5) is 25.0. The Morgan fingerprint density at radius 1 is 1.60 bits per heavy atom. The Morgan fingerprint density at radius 3 is 2.93 bits per heavy atom. The molecule has 15 heavy (non-hydrogen) atoms. The molecule has 1 unspecified atom stereocenters. The van der Waals surface area contributed by atoms with Crippen LogP contribution >= 0.6 is 0 Å². The zero-order valence-electron chi connectivity index (χ0n) is 7.84. The lowest BCUT2D eigenvalue weighted by Gasteiger charge is -2.07. The van der Waals surface area contributed by atoms with E-state index in [1.165, 1.54) is 18.5 Å². The predicted molar refractivity (Wildman–Crippen MR) is 50.4 cm³/mol. The van der Waals surface area contributed by atoms with E-state index in [-0.39, 0.29) is 12.2 Å². The predicted octanol–water partition coefficient (Wildman–Crippen LogP) is -1.12. The fourth-order valence-corrected chi connectivity index (χ4v) is 0.878. The van der Waals surface area contributed by atoms with Crippen LogP contribution in [0.3, 0.4) is 0 Å². The van der Waals surface area contributed by atoms with Crippen LogP contribution in [0.25, 0.3) is 0 Å². The lowest BCUT2D eigenvalue weighted by Crippen LogP contribution is -2.24. The average Bonchev–Trinajstić information content (AvgIpc) is 2.26. The number of hydrogen-bond acceptors (Lipinski definition) is 5. The molecule has 1 atom stereocenters. The van der Waals surface area contributed by atoms with Crippen molar-refractivity contribution >= 4 is 5.97 Å². The van der Waals surface area contributed by atoms with Crippen molar-refractivity contribution in [1.29, 1.82) is 0 Å². The molecule has 1 aromatic heterocycles. The zero-order valence-corrected chi connectivity index (χ0v) is 7.84. The van der Waals surface area contributed by atoms with Crippen LogP contribution in [-0.2, 0) is 4.74 Å². The monoisotopic (exact) mass is 213 g/mol. The third kappa shape index (κ3) is 3.19. The van der Waals surface area contributed by atoms with Crippen LogP contribution in [-0.4, -0.2) is 40.5 Å². The van der Waals surface area contributed by atoms with E-state index >= 15 is 0 Å². The van der Waals surface area contributed by atoms with Gasteiger partial charge in [-0.2, -0.15) is 0 Å². The molecule has 0 aromatic carbocycles. The van der Waals surface area contributed by atoms with Crippen molar-refractivity contribution in [3.63, 3.8) is 0 Å². The normalized spacial score (nSPS) is 12.1. The van der Waals surface area contributed by atoms with Crippen LogP contribution in [0.15, 0.2) is 23.3 Å². The first-order valence-electron chi connectivity index (χ1n) is 4.28. The van der Waals surface area contributed by atoms with Gasteiger partial charge in [0.25, 0.3) is 0 Å². The van der Waals surface area contributed by atoms with Crippen molar-refractivity contribution in [3.05, 3.63) is 34.2 Å². The highest BCUT2D eigenvalue weighted by molar-refractivity contribution is 5.88. The van der Waals surface area contributed by atoms with E-state index in [0.29, 0.717) is 0 Å². The van der Waals surface area contributed by atoms with Gasteiger partial charge in [-0.25, -0.2) is 4.79 Å². The fourth-order valence-electron chi connectivity index (χ4n) is 0.878. The molecule has 3 N–H and O–H groups in total. The molecule has 1 aromatic rings. The van der Waals surface area contributed by atoms with E-state index in [9.17, 15) is 9.59 Å².